The van der Waals surface area contributed by atoms with Crippen molar-refractivity contribution < 1.29 is 8.42 Å². The van der Waals surface area contributed by atoms with Crippen molar-refractivity contribution in [3.8, 4) is 0 Å². The Balaban J connectivity index is 1.79. The molecule has 26 heavy (non-hydrogen) atoms. The zero-order chi connectivity index (χ0) is 19.2. The van der Waals surface area contributed by atoms with E-state index >= 15 is 0 Å². The number of thiocarbonyl (C=S) groups is 1. The third-order valence-electron chi connectivity index (χ3n) is 4.72. The van der Waals surface area contributed by atoms with Crippen LogP contribution in [-0.4, -0.2) is 62.5 Å². The van der Waals surface area contributed by atoms with Gasteiger partial charge in [-0.3, -0.25) is 0 Å². The van der Waals surface area contributed by atoms with Crippen molar-refractivity contribution in [2.24, 2.45) is 0 Å². The van der Waals surface area contributed by atoms with Crippen LogP contribution >= 0.6 is 12.2 Å². The van der Waals surface area contributed by atoms with E-state index in [-0.39, 0.29) is 4.90 Å². The van der Waals surface area contributed by atoms with Gasteiger partial charge >= 0.3 is 0 Å². The highest BCUT2D eigenvalue weighted by Gasteiger charge is 2.18. The Morgan fingerprint density at radius 1 is 1.35 bits per heavy atom. The average Bonchev–Trinajstić information content (AvgIpc) is 2.60. The van der Waals surface area contributed by atoms with Gasteiger partial charge in [-0.25, -0.2) is 12.7 Å². The van der Waals surface area contributed by atoms with Crippen molar-refractivity contribution in [3.63, 3.8) is 0 Å². The minimum Gasteiger partial charge on any atom is -0.362 e. The highest BCUT2D eigenvalue weighted by atomic mass is 32.2. The van der Waals surface area contributed by atoms with Gasteiger partial charge in [0, 0.05) is 38.9 Å². The van der Waals surface area contributed by atoms with Gasteiger partial charge in [0.1, 0.15) is 0 Å². The molecule has 1 heterocycles. The molecule has 1 fully saturated rings. The van der Waals surface area contributed by atoms with Gasteiger partial charge in [0.05, 0.1) is 4.90 Å². The van der Waals surface area contributed by atoms with Gasteiger partial charge in [0.15, 0.2) is 5.11 Å². The summed E-state index contributed by atoms with van der Waals surface area (Å²) in [5.41, 5.74) is 0.662. The number of rotatable bonds is 7. The van der Waals surface area contributed by atoms with Gasteiger partial charge in [-0.05, 0) is 63.1 Å². The van der Waals surface area contributed by atoms with Gasteiger partial charge in [-0.15, -0.1) is 0 Å². The van der Waals surface area contributed by atoms with E-state index in [1.165, 1.54) is 44.2 Å². The number of hydrogen-bond acceptors (Lipinski definition) is 4. The molecule has 0 radical (unpaired) electrons. The molecule has 1 atom stereocenters. The van der Waals surface area contributed by atoms with Crippen LogP contribution in [0.15, 0.2) is 29.2 Å². The van der Waals surface area contributed by atoms with Crippen LogP contribution in [-0.2, 0) is 10.0 Å². The van der Waals surface area contributed by atoms with Crippen molar-refractivity contribution >= 4 is 33.0 Å². The lowest BCUT2D eigenvalue weighted by Crippen LogP contribution is -2.39. The molecule has 6 nitrogen and oxygen atoms in total. The smallest absolute Gasteiger partial charge is 0.242 e. The van der Waals surface area contributed by atoms with Gasteiger partial charge in [-0.1, -0.05) is 12.5 Å². The summed E-state index contributed by atoms with van der Waals surface area (Å²) in [6.45, 7) is 5.36. The van der Waals surface area contributed by atoms with Crippen LogP contribution < -0.4 is 10.6 Å². The lowest BCUT2D eigenvalue weighted by molar-refractivity contribution is 0.159. The molecule has 1 aliphatic heterocycles. The lowest BCUT2D eigenvalue weighted by Gasteiger charge is -2.33. The number of benzene rings is 1. The molecule has 1 aromatic carbocycles. The van der Waals surface area contributed by atoms with Gasteiger partial charge in [-0.2, -0.15) is 0 Å². The summed E-state index contributed by atoms with van der Waals surface area (Å²) >= 11 is 5.32. The molecular formula is C18H30N4O2S2. The minimum atomic E-state index is -3.45. The predicted octanol–water partition coefficient (Wildman–Crippen LogP) is 2.49. The number of nitrogens with one attached hydrogen (secondary N) is 2. The molecule has 2 N–H and O–H groups in total. The Kier molecular flexibility index (Phi) is 7.82. The average molecular weight is 399 g/mol. The third kappa shape index (κ3) is 5.90. The number of piperidine rings is 1. The van der Waals surface area contributed by atoms with Gasteiger partial charge < -0.3 is 15.5 Å². The fraction of sp³-hybridized carbons (Fsp3) is 0.611. The number of anilines is 1. The Hall–Kier alpha value is -1.22. The maximum absolute atomic E-state index is 12.2. The summed E-state index contributed by atoms with van der Waals surface area (Å²) < 4.78 is 25.6. The van der Waals surface area contributed by atoms with E-state index in [1.807, 2.05) is 0 Å². The van der Waals surface area contributed by atoms with Crippen LogP contribution in [0.25, 0.3) is 0 Å². The van der Waals surface area contributed by atoms with Gasteiger partial charge in [0.2, 0.25) is 10.0 Å². The molecule has 1 saturated heterocycles. The maximum Gasteiger partial charge on any atom is 0.242 e. The summed E-state index contributed by atoms with van der Waals surface area (Å²) in [7, 11) is -0.412. The molecule has 146 valence electrons. The number of hydrogen-bond donors (Lipinski definition) is 2. The molecule has 0 amide bonds. The van der Waals surface area contributed by atoms with E-state index in [0.29, 0.717) is 16.8 Å². The van der Waals surface area contributed by atoms with Crippen LogP contribution in [0.4, 0.5) is 5.69 Å². The van der Waals surface area contributed by atoms with Crippen molar-refractivity contribution in [1.29, 1.82) is 0 Å². The first-order valence-electron chi connectivity index (χ1n) is 9.12. The first-order valence-corrected chi connectivity index (χ1v) is 11.0. The molecule has 0 bridgehead atoms. The molecule has 0 unspecified atom stereocenters. The summed E-state index contributed by atoms with van der Waals surface area (Å²) in [4.78, 5) is 2.78. The Labute approximate surface area is 163 Å². The highest BCUT2D eigenvalue weighted by Crippen LogP contribution is 2.18. The first kappa shape index (κ1) is 21.1. The van der Waals surface area contributed by atoms with E-state index in [9.17, 15) is 8.42 Å². The number of sulfonamides is 1. The van der Waals surface area contributed by atoms with Gasteiger partial charge in [0.25, 0.3) is 0 Å². The van der Waals surface area contributed by atoms with E-state index in [0.717, 1.165) is 19.5 Å². The molecule has 0 aromatic heterocycles. The summed E-state index contributed by atoms with van der Waals surface area (Å²) in [5, 5.41) is 6.77. The van der Waals surface area contributed by atoms with Crippen LogP contribution in [0.3, 0.4) is 0 Å². The SMILES string of the molecule is C[C@@H]1CCCCN1CCCNC(=S)Nc1cccc(S(=O)(=O)N(C)C)c1. The third-order valence-corrected chi connectivity index (χ3v) is 6.78. The summed E-state index contributed by atoms with van der Waals surface area (Å²) in [5.74, 6) is 0. The van der Waals surface area contributed by atoms with Crippen molar-refractivity contribution in [2.45, 2.75) is 43.5 Å². The van der Waals surface area contributed by atoms with Crippen molar-refractivity contribution in [1.82, 2.24) is 14.5 Å². The second kappa shape index (κ2) is 9.64. The zero-order valence-corrected chi connectivity index (χ0v) is 17.5. The van der Waals surface area contributed by atoms with E-state index in [2.05, 4.69) is 22.5 Å². The number of nitrogens with zero attached hydrogens (tertiary/aromatic N) is 2. The van der Waals surface area contributed by atoms with Crippen molar-refractivity contribution in [2.75, 3.05) is 39.0 Å². The van der Waals surface area contributed by atoms with Crippen LogP contribution in [0, 0.1) is 0 Å². The summed E-state index contributed by atoms with van der Waals surface area (Å²) in [6, 6.07) is 7.36. The second-order valence-corrected chi connectivity index (χ2v) is 9.49. The molecular weight excluding hydrogens is 368 g/mol. The zero-order valence-electron chi connectivity index (χ0n) is 15.9. The fourth-order valence-corrected chi connectivity index (χ4v) is 4.26. The Morgan fingerprint density at radius 3 is 2.81 bits per heavy atom. The monoisotopic (exact) mass is 398 g/mol. The van der Waals surface area contributed by atoms with E-state index in [4.69, 9.17) is 12.2 Å². The largest absolute Gasteiger partial charge is 0.362 e. The van der Waals surface area contributed by atoms with Crippen LogP contribution in [0.5, 0.6) is 0 Å². The first-order chi connectivity index (χ1) is 12.3. The fourth-order valence-electron chi connectivity index (χ4n) is 3.09. The lowest BCUT2D eigenvalue weighted by atomic mass is 10.0. The van der Waals surface area contributed by atoms with Crippen LogP contribution in [0.2, 0.25) is 0 Å². The second-order valence-electron chi connectivity index (χ2n) is 6.93. The molecule has 0 spiro atoms. The quantitative estimate of drug-likeness (QED) is 0.543. The molecule has 2 rings (SSSR count). The predicted molar refractivity (Wildman–Crippen MR) is 111 cm³/mol. The topological polar surface area (TPSA) is 64.7 Å². The van der Waals surface area contributed by atoms with Crippen LogP contribution in [0.1, 0.15) is 32.6 Å². The summed E-state index contributed by atoms with van der Waals surface area (Å²) in [6.07, 6.45) is 4.96. The molecule has 1 aromatic rings. The Morgan fingerprint density at radius 2 is 2.12 bits per heavy atom. The van der Waals surface area contributed by atoms with Crippen molar-refractivity contribution in [3.05, 3.63) is 24.3 Å². The Bertz CT molecular complexity index is 707. The highest BCUT2D eigenvalue weighted by molar-refractivity contribution is 7.89. The molecule has 8 heteroatoms. The molecule has 0 aliphatic carbocycles. The minimum absolute atomic E-state index is 0.245. The number of likely N-dealkylation sites (tertiary alicyclic amines) is 1. The molecule has 0 saturated carbocycles. The normalized spacial score (nSPS) is 18.7. The van der Waals surface area contributed by atoms with E-state index < -0.39 is 10.0 Å². The standard InChI is InChI=1S/C18H30N4O2S2/c1-15-8-4-5-12-22(15)13-7-11-19-18(25)20-16-9-6-10-17(14-16)26(23,24)21(2)3/h6,9-10,14-15H,4-5,7-8,11-13H2,1-3H3,(H2,19,20,25)/t15-/m1/s1. The maximum atomic E-state index is 12.2. The molecule has 1 aliphatic rings. The van der Waals surface area contributed by atoms with E-state index in [1.54, 1.807) is 24.3 Å².